The molecule has 0 spiro atoms. The van der Waals surface area contributed by atoms with Crippen molar-refractivity contribution in [3.8, 4) is 16.6 Å². The highest BCUT2D eigenvalue weighted by Gasteiger charge is 2.30. The van der Waals surface area contributed by atoms with Gasteiger partial charge in [0.2, 0.25) is 0 Å². The molecule has 3 heterocycles. The first kappa shape index (κ1) is 29.4. The Hall–Kier alpha value is -4.30. The molecule has 1 aliphatic rings. The smallest absolute Gasteiger partial charge is 0.287 e. The number of hydrogen-bond acceptors (Lipinski definition) is 5. The van der Waals surface area contributed by atoms with Crippen LogP contribution in [0.3, 0.4) is 0 Å². The number of anilines is 2. The zero-order chi connectivity index (χ0) is 31.1. The van der Waals surface area contributed by atoms with E-state index >= 15 is 0 Å². The Balaban J connectivity index is 1.26. The van der Waals surface area contributed by atoms with Crippen molar-refractivity contribution in [3.63, 3.8) is 0 Å². The second kappa shape index (κ2) is 12.2. The highest BCUT2D eigenvalue weighted by atomic mass is 35.5. The van der Waals surface area contributed by atoms with Crippen LogP contribution in [0.25, 0.3) is 33.0 Å². The van der Waals surface area contributed by atoms with Crippen LogP contribution in [0.2, 0.25) is 10.0 Å². The standard InChI is InChI=1S/C36H32Cl2N5OS/c1-4-40-29-20-19-25(44-36-39-28-15-10-11-16-33(28)45-36)21-30(29)41(5-2)34(40)17-12-18-35-42(6-3)31-22-26(37)27(38)23-32(31)43(35)24-13-8-7-9-14-24/h7-23H,4-6H2,1-3H3/q+1. The van der Waals surface area contributed by atoms with Gasteiger partial charge in [-0.1, -0.05) is 70.9 Å². The summed E-state index contributed by atoms with van der Waals surface area (Å²) in [7, 11) is 0. The van der Waals surface area contributed by atoms with Gasteiger partial charge in [-0.25, -0.2) is 9.55 Å². The fourth-order valence-electron chi connectivity index (χ4n) is 6.10. The molecule has 7 rings (SSSR count). The van der Waals surface area contributed by atoms with E-state index in [4.69, 9.17) is 27.9 Å². The van der Waals surface area contributed by atoms with Gasteiger partial charge in [0.1, 0.15) is 17.3 Å². The van der Waals surface area contributed by atoms with E-state index in [1.54, 1.807) is 11.3 Å². The molecule has 0 radical (unpaired) electrons. The summed E-state index contributed by atoms with van der Waals surface area (Å²) < 4.78 is 11.9. The number of halogens is 2. The molecule has 6 aromatic rings. The van der Waals surface area contributed by atoms with Crippen LogP contribution in [-0.4, -0.2) is 22.6 Å². The minimum atomic E-state index is 0.534. The van der Waals surface area contributed by atoms with Crippen LogP contribution in [0.4, 0.5) is 11.4 Å². The Morgan fingerprint density at radius 1 is 0.844 bits per heavy atom. The van der Waals surface area contributed by atoms with Gasteiger partial charge in [0.15, 0.2) is 11.0 Å². The molecule has 0 aliphatic carbocycles. The van der Waals surface area contributed by atoms with E-state index in [0.29, 0.717) is 15.2 Å². The summed E-state index contributed by atoms with van der Waals surface area (Å²) >= 11 is 14.6. The van der Waals surface area contributed by atoms with E-state index in [0.717, 1.165) is 75.3 Å². The first-order valence-corrected chi connectivity index (χ1v) is 16.7. The largest absolute Gasteiger partial charge is 0.431 e. The lowest BCUT2D eigenvalue weighted by atomic mass is 10.2. The summed E-state index contributed by atoms with van der Waals surface area (Å²) in [5.74, 6) is 2.91. The lowest BCUT2D eigenvalue weighted by Crippen LogP contribution is -2.35. The third kappa shape index (κ3) is 5.25. The Labute approximate surface area is 276 Å². The quantitative estimate of drug-likeness (QED) is 0.153. The molecule has 0 atom stereocenters. The molecule has 0 bridgehead atoms. The third-order valence-corrected chi connectivity index (χ3v) is 9.71. The minimum Gasteiger partial charge on any atom is -0.431 e. The van der Waals surface area contributed by atoms with Crippen molar-refractivity contribution in [1.82, 2.24) is 9.55 Å². The number of hydrogen-bond donors (Lipinski definition) is 0. The molecule has 0 N–H and O–H groups in total. The summed E-state index contributed by atoms with van der Waals surface area (Å²) in [6.45, 7) is 8.91. The van der Waals surface area contributed by atoms with Crippen molar-refractivity contribution < 1.29 is 9.30 Å². The summed E-state index contributed by atoms with van der Waals surface area (Å²) in [5, 5.41) is 1.72. The number of thiazole rings is 1. The average Bonchev–Trinajstić information content (AvgIpc) is 3.70. The fourth-order valence-corrected chi connectivity index (χ4v) is 7.25. The highest BCUT2D eigenvalue weighted by molar-refractivity contribution is 7.20. The fraction of sp³-hybridized carbons (Fsp3) is 0.167. The van der Waals surface area contributed by atoms with E-state index in [1.807, 2.05) is 54.6 Å². The van der Waals surface area contributed by atoms with Gasteiger partial charge >= 0.3 is 0 Å². The number of aromatic nitrogens is 3. The van der Waals surface area contributed by atoms with E-state index in [9.17, 15) is 0 Å². The van der Waals surface area contributed by atoms with Gasteiger partial charge in [0.05, 0.1) is 38.2 Å². The zero-order valence-corrected chi connectivity index (χ0v) is 27.6. The molecule has 0 saturated heterocycles. The van der Waals surface area contributed by atoms with Crippen LogP contribution in [0.1, 0.15) is 26.6 Å². The van der Waals surface area contributed by atoms with Crippen LogP contribution >= 0.6 is 34.5 Å². The number of para-hydroxylation sites is 2. The molecular weight excluding hydrogens is 621 g/mol. The van der Waals surface area contributed by atoms with Crippen LogP contribution in [0.15, 0.2) is 103 Å². The van der Waals surface area contributed by atoms with Gasteiger partial charge in [-0.3, -0.25) is 0 Å². The maximum atomic E-state index is 6.52. The second-order valence-corrected chi connectivity index (χ2v) is 12.4. The van der Waals surface area contributed by atoms with Gasteiger partial charge in [-0.2, -0.15) is 4.57 Å². The maximum absolute atomic E-state index is 6.52. The van der Waals surface area contributed by atoms with Crippen molar-refractivity contribution in [1.29, 1.82) is 0 Å². The number of aryl methyl sites for hydroxylation is 1. The van der Waals surface area contributed by atoms with Crippen molar-refractivity contribution in [3.05, 3.63) is 119 Å². The molecule has 0 saturated carbocycles. The first-order valence-electron chi connectivity index (χ1n) is 15.1. The van der Waals surface area contributed by atoms with Crippen molar-refractivity contribution in [2.45, 2.75) is 27.3 Å². The van der Waals surface area contributed by atoms with Gasteiger partial charge in [0, 0.05) is 37.4 Å². The molecule has 4 aromatic carbocycles. The molecule has 45 heavy (non-hydrogen) atoms. The topological polar surface area (TPSA) is 37.4 Å². The normalized spacial score (nSPS) is 14.0. The number of nitrogens with zero attached hydrogens (tertiary/aromatic N) is 5. The number of rotatable bonds is 8. The first-order chi connectivity index (χ1) is 22.0. The Bertz CT molecular complexity index is 2070. The van der Waals surface area contributed by atoms with E-state index in [-0.39, 0.29) is 0 Å². The molecular formula is C36H32Cl2N5OS+. The maximum Gasteiger partial charge on any atom is 0.287 e. The van der Waals surface area contributed by atoms with Crippen molar-refractivity contribution in [2.75, 3.05) is 22.9 Å². The molecule has 0 amide bonds. The molecule has 0 fully saturated rings. The van der Waals surface area contributed by atoms with Gasteiger partial charge in [-0.05, 0) is 63.2 Å². The Morgan fingerprint density at radius 2 is 1.58 bits per heavy atom. The number of imidazole rings is 1. The van der Waals surface area contributed by atoms with Crippen LogP contribution in [0.5, 0.6) is 10.9 Å². The number of ether oxygens (including phenoxy) is 1. The molecule has 9 heteroatoms. The molecule has 1 aliphatic heterocycles. The van der Waals surface area contributed by atoms with Crippen molar-refractivity contribution >= 4 is 73.2 Å². The van der Waals surface area contributed by atoms with Gasteiger partial charge in [-0.15, -0.1) is 0 Å². The minimum absolute atomic E-state index is 0.534. The third-order valence-electron chi connectivity index (χ3n) is 8.07. The monoisotopic (exact) mass is 652 g/mol. The summed E-state index contributed by atoms with van der Waals surface area (Å²) in [6, 6.07) is 28.6. The van der Waals surface area contributed by atoms with E-state index in [2.05, 4.69) is 93.2 Å². The number of benzene rings is 4. The summed E-state index contributed by atoms with van der Waals surface area (Å²) in [6.07, 6.45) is 6.49. The summed E-state index contributed by atoms with van der Waals surface area (Å²) in [5.41, 5.74) is 6.31. The number of fused-ring (bicyclic) bond motifs is 3. The Kier molecular flexibility index (Phi) is 8.00. The zero-order valence-electron chi connectivity index (χ0n) is 25.2. The van der Waals surface area contributed by atoms with Crippen LogP contribution < -0.4 is 19.1 Å². The molecule has 6 nitrogen and oxygen atoms in total. The Morgan fingerprint density at radius 3 is 2.33 bits per heavy atom. The van der Waals surface area contributed by atoms with Gasteiger partial charge < -0.3 is 14.5 Å². The van der Waals surface area contributed by atoms with E-state index < -0.39 is 0 Å². The summed E-state index contributed by atoms with van der Waals surface area (Å²) in [4.78, 5) is 9.32. The molecule has 0 unspecified atom stereocenters. The van der Waals surface area contributed by atoms with Crippen LogP contribution in [0, 0.1) is 0 Å². The van der Waals surface area contributed by atoms with E-state index in [1.165, 1.54) is 0 Å². The van der Waals surface area contributed by atoms with Crippen LogP contribution in [-0.2, 0) is 6.54 Å². The highest BCUT2D eigenvalue weighted by Crippen LogP contribution is 2.44. The van der Waals surface area contributed by atoms with Gasteiger partial charge in [0.25, 0.3) is 11.0 Å². The average molecular weight is 654 g/mol. The number of allylic oxidation sites excluding steroid dienone is 2. The lowest BCUT2D eigenvalue weighted by molar-refractivity contribution is -0.670. The second-order valence-electron chi connectivity index (χ2n) is 10.6. The lowest BCUT2D eigenvalue weighted by Gasteiger charge is -2.23. The molecule has 226 valence electrons. The van der Waals surface area contributed by atoms with Crippen molar-refractivity contribution in [2.24, 2.45) is 0 Å². The predicted octanol–water partition coefficient (Wildman–Crippen LogP) is 9.87. The molecule has 2 aromatic heterocycles. The SMILES string of the molecule is CCN1/C(=C\C=C\c2n(-c3ccccc3)c3cc(Cl)c(Cl)cc3[n+]2CC)N(CC)c2cc(Oc3nc4ccccc4s3)ccc21. The predicted molar refractivity (Wildman–Crippen MR) is 188 cm³/mol.